The average molecular weight is 321 g/mol. The molecule has 22 heavy (non-hydrogen) atoms. The summed E-state index contributed by atoms with van der Waals surface area (Å²) in [5.41, 5.74) is 3.49. The number of nitrogens with one attached hydrogen (secondary N) is 3. The Hall–Kier alpha value is -1.37. The Balaban J connectivity index is 1.78. The number of hydrogen-bond donors (Lipinski definition) is 3. The number of rotatable bonds is 6. The maximum atomic E-state index is 11.6. The van der Waals surface area contributed by atoms with Crippen molar-refractivity contribution in [3.63, 3.8) is 0 Å². The van der Waals surface area contributed by atoms with Crippen LogP contribution in [-0.4, -0.2) is 38.8 Å². The first-order chi connectivity index (χ1) is 10.6. The molecule has 2 heterocycles. The van der Waals surface area contributed by atoms with Crippen LogP contribution in [0.25, 0.3) is 10.9 Å². The van der Waals surface area contributed by atoms with E-state index in [4.69, 9.17) is 0 Å². The summed E-state index contributed by atoms with van der Waals surface area (Å²) in [6.45, 7) is 1.11. The van der Waals surface area contributed by atoms with Crippen LogP contribution in [-0.2, 0) is 22.9 Å². The van der Waals surface area contributed by atoms with E-state index in [2.05, 4.69) is 27.3 Å². The lowest BCUT2D eigenvalue weighted by molar-refractivity contribution is 0.587. The molecule has 1 fully saturated rings. The van der Waals surface area contributed by atoms with Crippen LogP contribution in [0.5, 0.6) is 0 Å². The zero-order valence-corrected chi connectivity index (χ0v) is 13.7. The normalized spacial score (nSPS) is 19.0. The van der Waals surface area contributed by atoms with Gasteiger partial charge in [0.25, 0.3) is 0 Å². The first kappa shape index (κ1) is 15.5. The van der Waals surface area contributed by atoms with Crippen molar-refractivity contribution in [1.29, 1.82) is 0 Å². The summed E-state index contributed by atoms with van der Waals surface area (Å²) in [7, 11) is -1.70. The number of sulfonamides is 1. The molecule has 1 saturated heterocycles. The lowest BCUT2D eigenvalue weighted by Crippen LogP contribution is -2.23. The summed E-state index contributed by atoms with van der Waals surface area (Å²) >= 11 is 0. The van der Waals surface area contributed by atoms with Crippen molar-refractivity contribution in [2.75, 3.05) is 19.3 Å². The van der Waals surface area contributed by atoms with Gasteiger partial charge in [0, 0.05) is 23.1 Å². The van der Waals surface area contributed by atoms with E-state index in [1.165, 1.54) is 30.8 Å². The second-order valence-corrected chi connectivity index (χ2v) is 8.01. The van der Waals surface area contributed by atoms with Crippen LogP contribution in [0, 0.1) is 0 Å². The molecule has 5 nitrogen and oxygen atoms in total. The highest BCUT2D eigenvalue weighted by molar-refractivity contribution is 7.89. The topological polar surface area (TPSA) is 74.0 Å². The highest BCUT2D eigenvalue weighted by Gasteiger charge is 2.16. The molecule has 120 valence electrons. The van der Waals surface area contributed by atoms with E-state index < -0.39 is 10.0 Å². The summed E-state index contributed by atoms with van der Waals surface area (Å²) in [4.78, 5) is 3.31. The van der Waals surface area contributed by atoms with Crippen molar-refractivity contribution < 1.29 is 8.42 Å². The van der Waals surface area contributed by atoms with Crippen LogP contribution in [0.4, 0.5) is 0 Å². The number of aromatic nitrogens is 1. The van der Waals surface area contributed by atoms with Gasteiger partial charge in [-0.15, -0.1) is 0 Å². The van der Waals surface area contributed by atoms with Gasteiger partial charge in [-0.05, 0) is 62.5 Å². The standard InChI is InChI=1S/C16H23N3O2S/c1-17-22(20,21)8-6-12-4-5-16-15(9-12)13(11-19-16)10-14-3-2-7-18-14/h4-5,9,11,14,17-19H,2-3,6-8,10H2,1H3/t14-/m1/s1. The molecule has 0 bridgehead atoms. The van der Waals surface area contributed by atoms with Crippen molar-refractivity contribution in [2.45, 2.75) is 31.7 Å². The maximum Gasteiger partial charge on any atom is 0.211 e. The average Bonchev–Trinajstić information content (AvgIpc) is 3.16. The number of hydrogen-bond acceptors (Lipinski definition) is 3. The SMILES string of the molecule is CNS(=O)(=O)CCc1ccc2[nH]cc(C[C@H]3CCCN3)c2c1. The van der Waals surface area contributed by atoms with Gasteiger partial charge in [0.1, 0.15) is 0 Å². The van der Waals surface area contributed by atoms with Crippen LogP contribution >= 0.6 is 0 Å². The largest absolute Gasteiger partial charge is 0.361 e. The van der Waals surface area contributed by atoms with E-state index in [0.29, 0.717) is 12.5 Å². The highest BCUT2D eigenvalue weighted by atomic mass is 32.2. The zero-order chi connectivity index (χ0) is 15.6. The highest BCUT2D eigenvalue weighted by Crippen LogP contribution is 2.23. The monoisotopic (exact) mass is 321 g/mol. The number of aryl methyl sites for hydroxylation is 1. The molecular weight excluding hydrogens is 298 g/mol. The maximum absolute atomic E-state index is 11.6. The fraction of sp³-hybridized carbons (Fsp3) is 0.500. The van der Waals surface area contributed by atoms with Gasteiger partial charge in [-0.3, -0.25) is 0 Å². The van der Waals surface area contributed by atoms with Crippen molar-refractivity contribution in [3.05, 3.63) is 35.5 Å². The van der Waals surface area contributed by atoms with Gasteiger partial charge in [-0.1, -0.05) is 6.07 Å². The quantitative estimate of drug-likeness (QED) is 0.756. The summed E-state index contributed by atoms with van der Waals surface area (Å²) in [5, 5.41) is 4.74. The van der Waals surface area contributed by atoms with Gasteiger partial charge in [0.15, 0.2) is 0 Å². The Morgan fingerprint density at radius 2 is 2.23 bits per heavy atom. The third-order valence-electron chi connectivity index (χ3n) is 4.43. The lowest BCUT2D eigenvalue weighted by atomic mass is 10.0. The fourth-order valence-electron chi connectivity index (χ4n) is 3.10. The molecule has 1 atom stereocenters. The Bertz CT molecular complexity index is 746. The summed E-state index contributed by atoms with van der Waals surface area (Å²) in [6.07, 6.45) is 6.12. The third kappa shape index (κ3) is 3.51. The van der Waals surface area contributed by atoms with Gasteiger partial charge in [-0.2, -0.15) is 0 Å². The number of fused-ring (bicyclic) bond motifs is 1. The molecule has 0 amide bonds. The van der Waals surface area contributed by atoms with Gasteiger partial charge in [0.2, 0.25) is 10.0 Å². The van der Waals surface area contributed by atoms with Crippen LogP contribution in [0.15, 0.2) is 24.4 Å². The Labute approximate surface area is 131 Å². The van der Waals surface area contributed by atoms with Crippen molar-refractivity contribution in [1.82, 2.24) is 15.0 Å². The number of aromatic amines is 1. The first-order valence-electron chi connectivity index (χ1n) is 7.81. The Morgan fingerprint density at radius 3 is 2.95 bits per heavy atom. The summed E-state index contributed by atoms with van der Waals surface area (Å²) in [6, 6.07) is 6.73. The molecule has 2 aromatic rings. The Morgan fingerprint density at radius 1 is 1.36 bits per heavy atom. The molecule has 1 aliphatic heterocycles. The molecule has 1 aliphatic rings. The predicted molar refractivity (Wildman–Crippen MR) is 89.6 cm³/mol. The van der Waals surface area contributed by atoms with Crippen LogP contribution in [0.2, 0.25) is 0 Å². The second kappa shape index (κ2) is 6.40. The molecule has 0 spiro atoms. The predicted octanol–water partition coefficient (Wildman–Crippen LogP) is 1.55. The first-order valence-corrected chi connectivity index (χ1v) is 9.46. The van der Waals surface area contributed by atoms with Gasteiger partial charge < -0.3 is 10.3 Å². The van der Waals surface area contributed by atoms with E-state index >= 15 is 0 Å². The van der Waals surface area contributed by atoms with Crippen LogP contribution in [0.1, 0.15) is 24.0 Å². The van der Waals surface area contributed by atoms with E-state index in [-0.39, 0.29) is 5.75 Å². The third-order valence-corrected chi connectivity index (χ3v) is 5.79. The molecule has 0 unspecified atom stereocenters. The molecule has 6 heteroatoms. The minimum Gasteiger partial charge on any atom is -0.361 e. The van der Waals surface area contributed by atoms with Gasteiger partial charge in [0.05, 0.1) is 5.75 Å². The molecule has 0 saturated carbocycles. The Kier molecular flexibility index (Phi) is 4.52. The number of H-pyrrole nitrogens is 1. The van der Waals surface area contributed by atoms with E-state index in [0.717, 1.165) is 24.0 Å². The van der Waals surface area contributed by atoms with Crippen LogP contribution in [0.3, 0.4) is 0 Å². The molecule has 0 aliphatic carbocycles. The van der Waals surface area contributed by atoms with E-state index in [1.54, 1.807) is 0 Å². The van der Waals surface area contributed by atoms with E-state index in [9.17, 15) is 8.42 Å². The zero-order valence-electron chi connectivity index (χ0n) is 12.9. The van der Waals surface area contributed by atoms with Gasteiger partial charge >= 0.3 is 0 Å². The van der Waals surface area contributed by atoms with E-state index in [1.807, 2.05) is 12.1 Å². The lowest BCUT2D eigenvalue weighted by Gasteiger charge is -2.09. The summed E-state index contributed by atoms with van der Waals surface area (Å²) < 4.78 is 25.5. The fourth-order valence-corrected chi connectivity index (χ4v) is 3.81. The minimum absolute atomic E-state index is 0.124. The van der Waals surface area contributed by atoms with Crippen LogP contribution < -0.4 is 10.0 Å². The molecule has 3 rings (SSSR count). The molecular formula is C16H23N3O2S. The molecule has 1 aromatic heterocycles. The smallest absolute Gasteiger partial charge is 0.211 e. The van der Waals surface area contributed by atoms with Crippen molar-refractivity contribution in [2.24, 2.45) is 0 Å². The minimum atomic E-state index is -3.15. The number of benzene rings is 1. The molecule has 1 aromatic carbocycles. The molecule has 0 radical (unpaired) electrons. The second-order valence-electron chi connectivity index (χ2n) is 5.96. The van der Waals surface area contributed by atoms with Crippen molar-refractivity contribution >= 4 is 20.9 Å². The molecule has 3 N–H and O–H groups in total. The van der Waals surface area contributed by atoms with Gasteiger partial charge in [-0.25, -0.2) is 13.1 Å². The van der Waals surface area contributed by atoms with Crippen molar-refractivity contribution in [3.8, 4) is 0 Å². The summed E-state index contributed by atoms with van der Waals surface area (Å²) in [5.74, 6) is 0.124.